The zero-order valence-corrected chi connectivity index (χ0v) is 14.1. The molecular formula is C20H26O. The van der Waals surface area contributed by atoms with E-state index < -0.39 is 0 Å². The molecule has 0 saturated heterocycles. The minimum Gasteiger partial charge on any atom is -0.457 e. The van der Waals surface area contributed by atoms with Crippen molar-refractivity contribution < 1.29 is 4.74 Å². The average molecular weight is 282 g/mol. The molecule has 0 bridgehead atoms. The Kier molecular flexibility index (Phi) is 4.72. The number of benzene rings is 2. The van der Waals surface area contributed by atoms with Gasteiger partial charge in [0.1, 0.15) is 11.5 Å². The Labute approximate surface area is 129 Å². The third kappa shape index (κ3) is 2.97. The molecule has 0 fully saturated rings. The maximum atomic E-state index is 6.23. The van der Waals surface area contributed by atoms with E-state index in [-0.39, 0.29) is 0 Å². The normalized spacial score (nSPS) is 10.8. The minimum atomic E-state index is 0.978. The second kappa shape index (κ2) is 6.34. The Hall–Kier alpha value is -1.76. The molecule has 0 N–H and O–H groups in total. The van der Waals surface area contributed by atoms with Crippen LogP contribution in [0.4, 0.5) is 0 Å². The lowest BCUT2D eigenvalue weighted by atomic mass is 9.99. The third-order valence-electron chi connectivity index (χ3n) is 4.49. The van der Waals surface area contributed by atoms with Crippen molar-refractivity contribution in [2.75, 3.05) is 0 Å². The average Bonchev–Trinajstić information content (AvgIpc) is 2.45. The van der Waals surface area contributed by atoms with Crippen molar-refractivity contribution in [1.82, 2.24) is 0 Å². The van der Waals surface area contributed by atoms with Gasteiger partial charge >= 0.3 is 0 Å². The van der Waals surface area contributed by atoms with Gasteiger partial charge in [-0.2, -0.15) is 0 Å². The Morgan fingerprint density at radius 3 is 1.38 bits per heavy atom. The van der Waals surface area contributed by atoms with E-state index >= 15 is 0 Å². The highest BCUT2D eigenvalue weighted by atomic mass is 16.5. The Morgan fingerprint density at radius 1 is 0.667 bits per heavy atom. The van der Waals surface area contributed by atoms with Gasteiger partial charge in [0.2, 0.25) is 0 Å². The Bertz CT molecular complexity index is 596. The van der Waals surface area contributed by atoms with Gasteiger partial charge in [0.25, 0.3) is 0 Å². The fraction of sp³-hybridized carbons (Fsp3) is 0.400. The summed E-state index contributed by atoms with van der Waals surface area (Å²) in [6.07, 6.45) is 2.09. The first-order chi connectivity index (χ1) is 9.99. The smallest absolute Gasteiger partial charge is 0.130 e. The standard InChI is InChI=1S/C20H26O/c1-7-17-13(3)9-11-19(15(17)5)21-20-12-10-14(4)18(8-2)16(20)6/h9-12H,7-8H2,1-6H3. The minimum absolute atomic E-state index is 0.978. The predicted octanol–water partition coefficient (Wildman–Crippen LogP) is 5.84. The highest BCUT2D eigenvalue weighted by Gasteiger charge is 2.11. The maximum Gasteiger partial charge on any atom is 0.130 e. The number of rotatable bonds is 4. The first-order valence-electron chi connectivity index (χ1n) is 7.85. The van der Waals surface area contributed by atoms with E-state index in [2.05, 4.69) is 65.8 Å². The Morgan fingerprint density at radius 2 is 1.05 bits per heavy atom. The monoisotopic (exact) mass is 282 g/mol. The topological polar surface area (TPSA) is 9.23 Å². The van der Waals surface area contributed by atoms with Crippen LogP contribution in [-0.2, 0) is 12.8 Å². The lowest BCUT2D eigenvalue weighted by molar-refractivity contribution is 0.473. The molecule has 1 heteroatoms. The number of aryl methyl sites for hydroxylation is 2. The molecule has 0 spiro atoms. The maximum absolute atomic E-state index is 6.23. The van der Waals surface area contributed by atoms with Gasteiger partial charge in [-0.15, -0.1) is 0 Å². The van der Waals surface area contributed by atoms with Crippen LogP contribution < -0.4 is 4.74 Å². The largest absolute Gasteiger partial charge is 0.457 e. The molecule has 0 aliphatic rings. The van der Waals surface area contributed by atoms with Gasteiger partial charge in [-0.05, 0) is 86.1 Å². The molecule has 0 heterocycles. The molecule has 2 aromatic carbocycles. The number of hydrogen-bond acceptors (Lipinski definition) is 1. The van der Waals surface area contributed by atoms with E-state index in [4.69, 9.17) is 4.74 Å². The van der Waals surface area contributed by atoms with Gasteiger partial charge in [0, 0.05) is 0 Å². The SMILES string of the molecule is CCc1c(C)ccc(Oc2ccc(C)c(CC)c2C)c1C. The Balaban J connectivity index is 2.44. The molecule has 0 aliphatic carbocycles. The van der Waals surface area contributed by atoms with Crippen molar-refractivity contribution in [1.29, 1.82) is 0 Å². The lowest BCUT2D eigenvalue weighted by Crippen LogP contribution is -1.99. The molecule has 0 radical (unpaired) electrons. The summed E-state index contributed by atoms with van der Waals surface area (Å²) in [5.41, 5.74) is 8.00. The molecule has 112 valence electrons. The molecular weight excluding hydrogens is 256 g/mol. The van der Waals surface area contributed by atoms with Gasteiger partial charge in [0.15, 0.2) is 0 Å². The molecule has 1 nitrogen and oxygen atoms in total. The third-order valence-corrected chi connectivity index (χ3v) is 4.49. The second-order valence-electron chi connectivity index (χ2n) is 5.78. The quantitative estimate of drug-likeness (QED) is 0.684. The second-order valence-corrected chi connectivity index (χ2v) is 5.78. The van der Waals surface area contributed by atoms with Gasteiger partial charge in [-0.3, -0.25) is 0 Å². The summed E-state index contributed by atoms with van der Waals surface area (Å²) in [6, 6.07) is 8.50. The van der Waals surface area contributed by atoms with Gasteiger partial charge in [-0.1, -0.05) is 26.0 Å². The summed E-state index contributed by atoms with van der Waals surface area (Å²) >= 11 is 0. The first kappa shape index (κ1) is 15.6. The summed E-state index contributed by atoms with van der Waals surface area (Å²) in [6.45, 7) is 13.1. The molecule has 0 amide bonds. The fourth-order valence-corrected chi connectivity index (χ4v) is 3.17. The van der Waals surface area contributed by atoms with Crippen molar-refractivity contribution in [2.45, 2.75) is 54.4 Å². The first-order valence-corrected chi connectivity index (χ1v) is 7.85. The molecule has 21 heavy (non-hydrogen) atoms. The van der Waals surface area contributed by atoms with Crippen LogP contribution in [0.3, 0.4) is 0 Å². The van der Waals surface area contributed by atoms with Crippen molar-refractivity contribution in [3.8, 4) is 11.5 Å². The van der Waals surface area contributed by atoms with E-state index in [9.17, 15) is 0 Å². The van der Waals surface area contributed by atoms with Crippen LogP contribution in [0, 0.1) is 27.7 Å². The van der Waals surface area contributed by atoms with E-state index in [1.165, 1.54) is 33.4 Å². The predicted molar refractivity (Wildman–Crippen MR) is 90.7 cm³/mol. The lowest BCUT2D eigenvalue weighted by Gasteiger charge is -2.17. The number of hydrogen-bond donors (Lipinski definition) is 0. The van der Waals surface area contributed by atoms with Crippen molar-refractivity contribution in [3.63, 3.8) is 0 Å². The molecule has 2 rings (SSSR count). The molecule has 0 saturated carbocycles. The van der Waals surface area contributed by atoms with Crippen LogP contribution >= 0.6 is 0 Å². The van der Waals surface area contributed by atoms with Crippen molar-refractivity contribution in [3.05, 3.63) is 57.6 Å². The van der Waals surface area contributed by atoms with Gasteiger partial charge in [0.05, 0.1) is 0 Å². The molecule has 0 aromatic heterocycles. The summed E-state index contributed by atoms with van der Waals surface area (Å²) in [4.78, 5) is 0. The van der Waals surface area contributed by atoms with Crippen molar-refractivity contribution in [2.24, 2.45) is 0 Å². The zero-order valence-electron chi connectivity index (χ0n) is 14.1. The van der Waals surface area contributed by atoms with Crippen LogP contribution in [0.5, 0.6) is 11.5 Å². The highest BCUT2D eigenvalue weighted by Crippen LogP contribution is 2.33. The van der Waals surface area contributed by atoms with Gasteiger partial charge in [-0.25, -0.2) is 0 Å². The van der Waals surface area contributed by atoms with Crippen LogP contribution in [-0.4, -0.2) is 0 Å². The molecule has 2 aromatic rings. The van der Waals surface area contributed by atoms with Crippen LogP contribution in [0.2, 0.25) is 0 Å². The van der Waals surface area contributed by atoms with E-state index in [0.717, 1.165) is 24.3 Å². The molecule has 0 aliphatic heterocycles. The number of ether oxygens (including phenoxy) is 1. The van der Waals surface area contributed by atoms with Gasteiger partial charge < -0.3 is 4.74 Å². The van der Waals surface area contributed by atoms with E-state index in [1.54, 1.807) is 0 Å². The molecule has 0 unspecified atom stereocenters. The molecule has 0 atom stereocenters. The summed E-state index contributed by atoms with van der Waals surface area (Å²) in [5.74, 6) is 1.96. The summed E-state index contributed by atoms with van der Waals surface area (Å²) in [7, 11) is 0. The summed E-state index contributed by atoms with van der Waals surface area (Å²) in [5, 5.41) is 0. The fourth-order valence-electron chi connectivity index (χ4n) is 3.17. The van der Waals surface area contributed by atoms with Crippen LogP contribution in [0.25, 0.3) is 0 Å². The van der Waals surface area contributed by atoms with Crippen molar-refractivity contribution >= 4 is 0 Å². The highest BCUT2D eigenvalue weighted by molar-refractivity contribution is 5.49. The van der Waals surface area contributed by atoms with Crippen LogP contribution in [0.1, 0.15) is 47.2 Å². The van der Waals surface area contributed by atoms with Crippen LogP contribution in [0.15, 0.2) is 24.3 Å². The summed E-state index contributed by atoms with van der Waals surface area (Å²) < 4.78 is 6.23. The van der Waals surface area contributed by atoms with E-state index in [0.29, 0.717) is 0 Å². The zero-order chi connectivity index (χ0) is 15.6. The van der Waals surface area contributed by atoms with E-state index in [1.807, 2.05) is 0 Å².